The standard InChI is InChI=1S/C17H28N2O3S/c1-17(2,3)22-16(21)19-13(11-12-7-5-4-6-8-12)14(20)15-18-9-10-23-15/h9-10,12-14,20H,4-8,11H2,1-3H3,(H,19,21)/t13-,14?/m0/s1. The number of nitrogens with one attached hydrogen (secondary N) is 1. The molecule has 0 bridgehead atoms. The molecule has 130 valence electrons. The summed E-state index contributed by atoms with van der Waals surface area (Å²) in [6.45, 7) is 5.50. The van der Waals surface area contributed by atoms with Gasteiger partial charge >= 0.3 is 6.09 Å². The van der Waals surface area contributed by atoms with Gasteiger partial charge in [0.25, 0.3) is 0 Å². The SMILES string of the molecule is CC(C)(C)OC(=O)N[C@@H](CC1CCCCC1)C(O)c1nccs1. The van der Waals surface area contributed by atoms with Gasteiger partial charge in [-0.2, -0.15) is 0 Å². The number of carbonyl (C=O) groups excluding carboxylic acids is 1. The lowest BCUT2D eigenvalue weighted by Gasteiger charge is -2.30. The minimum atomic E-state index is -0.788. The number of ether oxygens (including phenoxy) is 1. The quantitative estimate of drug-likeness (QED) is 0.848. The molecule has 1 saturated carbocycles. The highest BCUT2D eigenvalue weighted by molar-refractivity contribution is 7.09. The lowest BCUT2D eigenvalue weighted by molar-refractivity contribution is 0.0390. The van der Waals surface area contributed by atoms with Gasteiger partial charge in [0.1, 0.15) is 16.7 Å². The van der Waals surface area contributed by atoms with Gasteiger partial charge in [-0.1, -0.05) is 32.1 Å². The molecule has 2 atom stereocenters. The Bertz CT molecular complexity index is 479. The first-order valence-electron chi connectivity index (χ1n) is 8.42. The number of aromatic nitrogens is 1. The number of aliphatic hydroxyl groups is 1. The molecule has 1 aliphatic rings. The number of rotatable bonds is 5. The zero-order chi connectivity index (χ0) is 16.9. The average molecular weight is 340 g/mol. The maximum atomic E-state index is 12.1. The molecule has 1 aromatic rings. The largest absolute Gasteiger partial charge is 0.444 e. The van der Waals surface area contributed by atoms with Crippen molar-refractivity contribution in [1.82, 2.24) is 10.3 Å². The third-order valence-corrected chi connectivity index (χ3v) is 4.95. The van der Waals surface area contributed by atoms with Crippen LogP contribution < -0.4 is 5.32 Å². The molecule has 1 unspecified atom stereocenters. The number of alkyl carbamates (subject to hydrolysis) is 1. The first-order valence-corrected chi connectivity index (χ1v) is 9.30. The Labute approximate surface area is 142 Å². The molecule has 6 heteroatoms. The zero-order valence-electron chi connectivity index (χ0n) is 14.2. The van der Waals surface area contributed by atoms with Crippen LogP contribution in [0.4, 0.5) is 4.79 Å². The number of thiazole rings is 1. The van der Waals surface area contributed by atoms with Crippen molar-refractivity contribution in [2.24, 2.45) is 5.92 Å². The molecule has 1 fully saturated rings. The van der Waals surface area contributed by atoms with E-state index in [1.807, 2.05) is 26.2 Å². The predicted octanol–water partition coefficient (Wildman–Crippen LogP) is 4.04. The van der Waals surface area contributed by atoms with E-state index in [9.17, 15) is 9.90 Å². The van der Waals surface area contributed by atoms with Crippen LogP contribution in [0.15, 0.2) is 11.6 Å². The Morgan fingerprint density at radius 3 is 2.70 bits per heavy atom. The Kier molecular flexibility index (Phi) is 6.41. The molecule has 2 N–H and O–H groups in total. The Morgan fingerprint density at radius 2 is 2.13 bits per heavy atom. The van der Waals surface area contributed by atoms with E-state index in [0.717, 1.165) is 19.3 Å². The van der Waals surface area contributed by atoms with Crippen molar-refractivity contribution in [2.45, 2.75) is 77.0 Å². The minimum Gasteiger partial charge on any atom is -0.444 e. The van der Waals surface area contributed by atoms with Crippen molar-refractivity contribution >= 4 is 17.4 Å². The predicted molar refractivity (Wildman–Crippen MR) is 91.4 cm³/mol. The summed E-state index contributed by atoms with van der Waals surface area (Å²) < 4.78 is 5.35. The van der Waals surface area contributed by atoms with E-state index >= 15 is 0 Å². The van der Waals surface area contributed by atoms with Crippen LogP contribution in [0.5, 0.6) is 0 Å². The van der Waals surface area contributed by atoms with Gasteiger partial charge in [0.2, 0.25) is 0 Å². The number of hydrogen-bond acceptors (Lipinski definition) is 5. The molecule has 0 saturated heterocycles. The summed E-state index contributed by atoms with van der Waals surface area (Å²) in [7, 11) is 0. The van der Waals surface area contributed by atoms with Gasteiger partial charge in [0.05, 0.1) is 6.04 Å². The normalized spacial score (nSPS) is 19.1. The van der Waals surface area contributed by atoms with E-state index in [0.29, 0.717) is 10.9 Å². The van der Waals surface area contributed by atoms with E-state index in [4.69, 9.17) is 4.74 Å². The molecule has 0 aromatic carbocycles. The van der Waals surface area contributed by atoms with Gasteiger partial charge < -0.3 is 15.2 Å². The fourth-order valence-electron chi connectivity index (χ4n) is 3.06. The summed E-state index contributed by atoms with van der Waals surface area (Å²) in [6, 6.07) is -0.362. The van der Waals surface area contributed by atoms with Crippen molar-refractivity contribution in [2.75, 3.05) is 0 Å². The second-order valence-electron chi connectivity index (χ2n) is 7.31. The first-order chi connectivity index (χ1) is 10.8. The molecule has 2 rings (SSSR count). The van der Waals surface area contributed by atoms with Crippen LogP contribution in [0.2, 0.25) is 0 Å². The van der Waals surface area contributed by atoms with Crippen LogP contribution in [0, 0.1) is 5.92 Å². The monoisotopic (exact) mass is 340 g/mol. The van der Waals surface area contributed by atoms with E-state index < -0.39 is 17.8 Å². The van der Waals surface area contributed by atoms with Crippen LogP contribution in [0.25, 0.3) is 0 Å². The van der Waals surface area contributed by atoms with Crippen LogP contribution in [-0.4, -0.2) is 27.8 Å². The van der Waals surface area contributed by atoms with Gasteiger partial charge in [-0.3, -0.25) is 0 Å². The number of nitrogens with zero attached hydrogens (tertiary/aromatic N) is 1. The highest BCUT2D eigenvalue weighted by Crippen LogP contribution is 2.31. The highest BCUT2D eigenvalue weighted by atomic mass is 32.1. The van der Waals surface area contributed by atoms with Gasteiger partial charge in [-0.25, -0.2) is 9.78 Å². The molecule has 0 aliphatic heterocycles. The van der Waals surface area contributed by atoms with Crippen molar-refractivity contribution in [1.29, 1.82) is 0 Å². The Morgan fingerprint density at radius 1 is 1.43 bits per heavy atom. The molecule has 5 nitrogen and oxygen atoms in total. The summed E-state index contributed by atoms with van der Waals surface area (Å²) in [5.41, 5.74) is -0.550. The Balaban J connectivity index is 2.02. The lowest BCUT2D eigenvalue weighted by Crippen LogP contribution is -2.43. The number of carbonyl (C=O) groups is 1. The molecular weight excluding hydrogens is 312 g/mol. The number of hydrogen-bond donors (Lipinski definition) is 2. The third kappa shape index (κ3) is 6.11. The summed E-state index contributed by atoms with van der Waals surface area (Å²) >= 11 is 1.41. The van der Waals surface area contributed by atoms with Crippen molar-refractivity contribution < 1.29 is 14.6 Å². The van der Waals surface area contributed by atoms with Crippen molar-refractivity contribution in [3.05, 3.63) is 16.6 Å². The molecule has 1 aliphatic carbocycles. The zero-order valence-corrected chi connectivity index (χ0v) is 15.1. The van der Waals surface area contributed by atoms with E-state index in [1.54, 1.807) is 6.20 Å². The maximum Gasteiger partial charge on any atom is 0.407 e. The summed E-state index contributed by atoms with van der Waals surface area (Å²) in [5.74, 6) is 0.540. The van der Waals surface area contributed by atoms with Gasteiger partial charge in [0.15, 0.2) is 0 Å². The second-order valence-corrected chi connectivity index (χ2v) is 8.23. The topological polar surface area (TPSA) is 71.5 Å². The molecular formula is C17H28N2O3S. The molecule has 0 radical (unpaired) electrons. The molecule has 1 aromatic heterocycles. The highest BCUT2D eigenvalue weighted by Gasteiger charge is 2.30. The second kappa shape index (κ2) is 8.11. The first kappa shape index (κ1) is 18.2. The fraction of sp³-hybridized carbons (Fsp3) is 0.765. The van der Waals surface area contributed by atoms with E-state index in [-0.39, 0.29) is 6.04 Å². The van der Waals surface area contributed by atoms with E-state index in [1.165, 1.54) is 30.6 Å². The van der Waals surface area contributed by atoms with Gasteiger partial charge in [-0.05, 0) is 33.1 Å². The summed E-state index contributed by atoms with van der Waals surface area (Å²) in [5, 5.41) is 16.0. The van der Waals surface area contributed by atoms with Crippen LogP contribution in [0.1, 0.15) is 70.4 Å². The molecule has 0 spiro atoms. The molecule has 1 amide bonds. The third-order valence-electron chi connectivity index (χ3n) is 4.10. The summed E-state index contributed by atoms with van der Waals surface area (Å²) in [6.07, 6.45) is 7.25. The van der Waals surface area contributed by atoms with E-state index in [2.05, 4.69) is 10.3 Å². The van der Waals surface area contributed by atoms with Gasteiger partial charge in [-0.15, -0.1) is 11.3 Å². The number of aliphatic hydroxyl groups excluding tert-OH is 1. The van der Waals surface area contributed by atoms with Crippen molar-refractivity contribution in [3.63, 3.8) is 0 Å². The van der Waals surface area contributed by atoms with Crippen LogP contribution in [-0.2, 0) is 4.74 Å². The maximum absolute atomic E-state index is 12.1. The van der Waals surface area contributed by atoms with Crippen molar-refractivity contribution in [3.8, 4) is 0 Å². The van der Waals surface area contributed by atoms with Gasteiger partial charge in [0, 0.05) is 11.6 Å². The number of amides is 1. The van der Waals surface area contributed by atoms with Crippen LogP contribution >= 0.6 is 11.3 Å². The minimum absolute atomic E-state index is 0.362. The Hall–Kier alpha value is -1.14. The molecule has 23 heavy (non-hydrogen) atoms. The lowest BCUT2D eigenvalue weighted by atomic mass is 9.84. The fourth-order valence-corrected chi connectivity index (χ4v) is 3.75. The smallest absolute Gasteiger partial charge is 0.407 e. The average Bonchev–Trinajstić information content (AvgIpc) is 2.99. The van der Waals surface area contributed by atoms with Crippen LogP contribution in [0.3, 0.4) is 0 Å². The summed E-state index contributed by atoms with van der Waals surface area (Å²) in [4.78, 5) is 16.3. The molecule has 1 heterocycles.